The third-order valence-electron chi connectivity index (χ3n) is 4.90. The summed E-state index contributed by atoms with van der Waals surface area (Å²) < 4.78 is 11.0. The summed E-state index contributed by atoms with van der Waals surface area (Å²) in [5.74, 6) is 2.19. The molecule has 1 aliphatic carbocycles. The topological polar surface area (TPSA) is 30.5 Å². The Morgan fingerprint density at radius 1 is 1.04 bits per heavy atom. The van der Waals surface area contributed by atoms with Gasteiger partial charge in [0.25, 0.3) is 0 Å². The standard InChI is InChI=1S/C20H25NO2/c1-14-16-10-12-19(22-2)20(23-3)17(16)9-11-18(14)21-13-15-7-5-4-6-8-15/h4-8,10,12,14,18,21H,9,11,13H2,1-3H3. The monoisotopic (exact) mass is 311 g/mol. The molecule has 0 saturated carbocycles. The predicted molar refractivity (Wildman–Crippen MR) is 93.4 cm³/mol. The Balaban J connectivity index is 1.77. The van der Waals surface area contributed by atoms with E-state index >= 15 is 0 Å². The Morgan fingerprint density at radius 2 is 1.83 bits per heavy atom. The Kier molecular flexibility index (Phi) is 4.87. The number of nitrogens with one attached hydrogen (secondary N) is 1. The third kappa shape index (κ3) is 3.20. The first-order valence-electron chi connectivity index (χ1n) is 8.25. The van der Waals surface area contributed by atoms with Crippen molar-refractivity contribution in [1.29, 1.82) is 0 Å². The van der Waals surface area contributed by atoms with Gasteiger partial charge in [0, 0.05) is 18.2 Å². The zero-order chi connectivity index (χ0) is 16.2. The van der Waals surface area contributed by atoms with Crippen molar-refractivity contribution in [2.75, 3.05) is 14.2 Å². The van der Waals surface area contributed by atoms with Crippen LogP contribution in [0.2, 0.25) is 0 Å². The minimum atomic E-state index is 0.460. The van der Waals surface area contributed by atoms with E-state index in [9.17, 15) is 0 Å². The lowest BCUT2D eigenvalue weighted by atomic mass is 9.79. The molecule has 0 bridgehead atoms. The molecule has 1 N–H and O–H groups in total. The second-order valence-corrected chi connectivity index (χ2v) is 6.17. The Bertz CT molecular complexity index is 654. The predicted octanol–water partition coefficient (Wildman–Crippen LogP) is 3.91. The Hall–Kier alpha value is -2.00. The number of rotatable bonds is 5. The first-order chi connectivity index (χ1) is 11.2. The van der Waals surface area contributed by atoms with Crippen LogP contribution in [0.3, 0.4) is 0 Å². The van der Waals surface area contributed by atoms with E-state index in [0.29, 0.717) is 12.0 Å². The van der Waals surface area contributed by atoms with Crippen molar-refractivity contribution in [2.24, 2.45) is 0 Å². The molecule has 0 radical (unpaired) electrons. The number of hydrogen-bond acceptors (Lipinski definition) is 3. The van der Waals surface area contributed by atoms with Crippen molar-refractivity contribution < 1.29 is 9.47 Å². The largest absolute Gasteiger partial charge is 0.493 e. The summed E-state index contributed by atoms with van der Waals surface area (Å²) in [5, 5.41) is 3.72. The molecule has 0 fully saturated rings. The lowest BCUT2D eigenvalue weighted by Crippen LogP contribution is -2.37. The van der Waals surface area contributed by atoms with Crippen LogP contribution in [0.25, 0.3) is 0 Å². The van der Waals surface area contributed by atoms with Crippen molar-refractivity contribution in [2.45, 2.75) is 38.3 Å². The summed E-state index contributed by atoms with van der Waals surface area (Å²) in [6.07, 6.45) is 2.14. The van der Waals surface area contributed by atoms with E-state index in [-0.39, 0.29) is 0 Å². The van der Waals surface area contributed by atoms with E-state index in [2.05, 4.69) is 48.6 Å². The maximum atomic E-state index is 5.60. The summed E-state index contributed by atoms with van der Waals surface area (Å²) >= 11 is 0. The molecule has 122 valence electrons. The summed E-state index contributed by atoms with van der Waals surface area (Å²) in [5.41, 5.74) is 4.01. The van der Waals surface area contributed by atoms with E-state index in [0.717, 1.165) is 30.9 Å². The second-order valence-electron chi connectivity index (χ2n) is 6.17. The fourth-order valence-corrected chi connectivity index (χ4v) is 3.58. The van der Waals surface area contributed by atoms with E-state index in [1.165, 1.54) is 16.7 Å². The van der Waals surface area contributed by atoms with Gasteiger partial charge in [-0.3, -0.25) is 0 Å². The van der Waals surface area contributed by atoms with Gasteiger partial charge in [-0.25, -0.2) is 0 Å². The maximum Gasteiger partial charge on any atom is 0.164 e. The van der Waals surface area contributed by atoms with E-state index in [4.69, 9.17) is 9.47 Å². The fraction of sp³-hybridized carbons (Fsp3) is 0.400. The minimum absolute atomic E-state index is 0.460. The molecule has 1 aliphatic rings. The molecule has 0 amide bonds. The van der Waals surface area contributed by atoms with Gasteiger partial charge in [-0.2, -0.15) is 0 Å². The number of methoxy groups -OCH3 is 2. The molecular formula is C20H25NO2. The zero-order valence-corrected chi connectivity index (χ0v) is 14.1. The molecule has 2 unspecified atom stereocenters. The van der Waals surface area contributed by atoms with E-state index in [1.54, 1.807) is 14.2 Å². The van der Waals surface area contributed by atoms with Gasteiger partial charge in [-0.05, 0) is 36.0 Å². The molecule has 2 aromatic rings. The van der Waals surface area contributed by atoms with Crippen LogP contribution in [-0.2, 0) is 13.0 Å². The molecule has 0 heterocycles. The summed E-state index contributed by atoms with van der Waals surface area (Å²) in [7, 11) is 3.42. The molecule has 2 aromatic carbocycles. The quantitative estimate of drug-likeness (QED) is 0.908. The molecule has 0 spiro atoms. The van der Waals surface area contributed by atoms with Crippen LogP contribution in [0.15, 0.2) is 42.5 Å². The van der Waals surface area contributed by atoms with Crippen molar-refractivity contribution in [3.8, 4) is 11.5 Å². The van der Waals surface area contributed by atoms with Crippen LogP contribution in [-0.4, -0.2) is 20.3 Å². The fourth-order valence-electron chi connectivity index (χ4n) is 3.58. The number of fused-ring (bicyclic) bond motifs is 1. The van der Waals surface area contributed by atoms with Gasteiger partial charge < -0.3 is 14.8 Å². The van der Waals surface area contributed by atoms with Gasteiger partial charge in [0.05, 0.1) is 14.2 Å². The van der Waals surface area contributed by atoms with Crippen molar-refractivity contribution in [3.63, 3.8) is 0 Å². The third-order valence-corrected chi connectivity index (χ3v) is 4.90. The Morgan fingerprint density at radius 3 is 2.52 bits per heavy atom. The van der Waals surface area contributed by atoms with Crippen LogP contribution in [0.4, 0.5) is 0 Å². The van der Waals surface area contributed by atoms with Crippen LogP contribution in [0.5, 0.6) is 11.5 Å². The maximum absolute atomic E-state index is 5.60. The van der Waals surface area contributed by atoms with E-state index in [1.807, 2.05) is 6.07 Å². The first-order valence-corrected chi connectivity index (χ1v) is 8.25. The van der Waals surface area contributed by atoms with Gasteiger partial charge in [-0.15, -0.1) is 0 Å². The van der Waals surface area contributed by atoms with Crippen LogP contribution < -0.4 is 14.8 Å². The minimum Gasteiger partial charge on any atom is -0.493 e. The second kappa shape index (κ2) is 7.05. The average molecular weight is 311 g/mol. The van der Waals surface area contributed by atoms with Crippen LogP contribution >= 0.6 is 0 Å². The van der Waals surface area contributed by atoms with Crippen LogP contribution in [0, 0.1) is 0 Å². The van der Waals surface area contributed by atoms with Gasteiger partial charge >= 0.3 is 0 Å². The van der Waals surface area contributed by atoms with Gasteiger partial charge in [-0.1, -0.05) is 43.3 Å². The Labute approximate surface area is 138 Å². The molecule has 3 rings (SSSR count). The SMILES string of the molecule is COc1ccc2c(c1OC)CCC(NCc1ccccc1)C2C. The number of hydrogen-bond donors (Lipinski definition) is 1. The van der Waals surface area contributed by atoms with Crippen molar-refractivity contribution >= 4 is 0 Å². The highest BCUT2D eigenvalue weighted by Crippen LogP contribution is 2.41. The molecular weight excluding hydrogens is 286 g/mol. The smallest absolute Gasteiger partial charge is 0.164 e. The molecule has 3 heteroatoms. The van der Waals surface area contributed by atoms with Gasteiger partial charge in [0.15, 0.2) is 11.5 Å². The molecule has 0 aliphatic heterocycles. The molecule has 3 nitrogen and oxygen atoms in total. The highest BCUT2D eigenvalue weighted by Gasteiger charge is 2.29. The highest BCUT2D eigenvalue weighted by atomic mass is 16.5. The number of benzene rings is 2. The molecule has 0 saturated heterocycles. The van der Waals surface area contributed by atoms with Crippen molar-refractivity contribution in [1.82, 2.24) is 5.32 Å². The lowest BCUT2D eigenvalue weighted by molar-refractivity contribution is 0.341. The van der Waals surface area contributed by atoms with Crippen LogP contribution in [0.1, 0.15) is 36.0 Å². The zero-order valence-electron chi connectivity index (χ0n) is 14.1. The lowest BCUT2D eigenvalue weighted by Gasteiger charge is -2.33. The van der Waals surface area contributed by atoms with E-state index < -0.39 is 0 Å². The molecule has 2 atom stereocenters. The average Bonchev–Trinajstić information content (AvgIpc) is 2.61. The number of ether oxygens (including phenoxy) is 2. The summed E-state index contributed by atoms with van der Waals surface area (Å²) in [6.45, 7) is 3.21. The summed E-state index contributed by atoms with van der Waals surface area (Å²) in [6, 6.07) is 15.3. The first kappa shape index (κ1) is 15.9. The summed E-state index contributed by atoms with van der Waals surface area (Å²) in [4.78, 5) is 0. The molecule has 23 heavy (non-hydrogen) atoms. The molecule has 0 aromatic heterocycles. The van der Waals surface area contributed by atoms with Gasteiger partial charge in [0.1, 0.15) is 0 Å². The highest BCUT2D eigenvalue weighted by molar-refractivity contribution is 5.53. The van der Waals surface area contributed by atoms with Crippen molar-refractivity contribution in [3.05, 3.63) is 59.2 Å². The van der Waals surface area contributed by atoms with Gasteiger partial charge in [0.2, 0.25) is 0 Å². The normalized spacial score (nSPS) is 20.0.